The third-order valence-electron chi connectivity index (χ3n) is 3.00. The van der Waals surface area contributed by atoms with E-state index in [4.69, 9.17) is 4.74 Å². The molecule has 0 aliphatic carbocycles. The van der Waals surface area contributed by atoms with Crippen LogP contribution in [0.15, 0.2) is 12.2 Å². The quantitative estimate of drug-likeness (QED) is 0.225. The lowest BCUT2D eigenvalue weighted by Crippen LogP contribution is -2.06. The average molecular weight is 286 g/mol. The minimum Gasteiger partial charge on any atom is -0.465 e. The van der Waals surface area contributed by atoms with Gasteiger partial charge in [0.15, 0.2) is 0 Å². The molecule has 0 N–H and O–H groups in total. The van der Waals surface area contributed by atoms with Crippen LogP contribution in [0.2, 0.25) is 0 Å². The highest BCUT2D eigenvalue weighted by molar-refractivity contribution is 7.80. The predicted molar refractivity (Wildman–Crippen MR) is 85.8 cm³/mol. The van der Waals surface area contributed by atoms with Crippen LogP contribution < -0.4 is 0 Å². The first-order valence-electron chi connectivity index (χ1n) is 7.72. The Kier molecular flexibility index (Phi) is 15.3. The van der Waals surface area contributed by atoms with Gasteiger partial charge in [0.2, 0.25) is 0 Å². The summed E-state index contributed by atoms with van der Waals surface area (Å²) in [6.07, 6.45) is 16.0. The van der Waals surface area contributed by atoms with Crippen LogP contribution >= 0.6 is 12.6 Å². The van der Waals surface area contributed by atoms with Gasteiger partial charge in [-0.15, -0.1) is 0 Å². The number of rotatable bonds is 13. The molecule has 0 spiro atoms. The van der Waals surface area contributed by atoms with Gasteiger partial charge < -0.3 is 4.74 Å². The molecule has 0 unspecified atom stereocenters. The van der Waals surface area contributed by atoms with Gasteiger partial charge in [0.05, 0.1) is 0 Å². The highest BCUT2D eigenvalue weighted by atomic mass is 32.1. The molecular formula is C16H30O2S. The van der Waals surface area contributed by atoms with Crippen LogP contribution in [0.4, 0.5) is 0 Å². The predicted octanol–water partition coefficient (Wildman–Crippen LogP) is 4.94. The number of unbranched alkanes of at least 4 members (excludes halogenated alkanes) is 7. The lowest BCUT2D eigenvalue weighted by Gasteiger charge is -2.02. The van der Waals surface area contributed by atoms with Crippen molar-refractivity contribution in [2.45, 2.75) is 71.1 Å². The van der Waals surface area contributed by atoms with Crippen molar-refractivity contribution < 1.29 is 9.53 Å². The van der Waals surface area contributed by atoms with Gasteiger partial charge in [0, 0.05) is 12.2 Å². The number of ether oxygens (including phenoxy) is 1. The maximum absolute atomic E-state index is 11.2. The van der Waals surface area contributed by atoms with Crippen LogP contribution in [-0.4, -0.2) is 18.3 Å². The number of carbonyl (C=O) groups excluding carboxylic acids is 1. The average Bonchev–Trinajstić information content (AvgIpc) is 2.42. The SMILES string of the molecule is CCCCC/C=C/CCCCCCC(=O)OCCS. The van der Waals surface area contributed by atoms with E-state index in [0.29, 0.717) is 18.8 Å². The van der Waals surface area contributed by atoms with E-state index in [1.54, 1.807) is 0 Å². The lowest BCUT2D eigenvalue weighted by molar-refractivity contribution is -0.143. The van der Waals surface area contributed by atoms with Crippen LogP contribution in [0.25, 0.3) is 0 Å². The minimum absolute atomic E-state index is 0.0788. The summed E-state index contributed by atoms with van der Waals surface area (Å²) in [5, 5.41) is 0. The van der Waals surface area contributed by atoms with Crippen molar-refractivity contribution >= 4 is 18.6 Å². The van der Waals surface area contributed by atoms with Crippen molar-refractivity contribution in [1.82, 2.24) is 0 Å². The highest BCUT2D eigenvalue weighted by Crippen LogP contribution is 2.07. The molecule has 0 rings (SSSR count). The molecule has 0 saturated heterocycles. The summed E-state index contributed by atoms with van der Waals surface area (Å²) in [5.41, 5.74) is 0. The van der Waals surface area contributed by atoms with Crippen molar-refractivity contribution in [2.24, 2.45) is 0 Å². The number of carbonyl (C=O) groups is 1. The number of esters is 1. The van der Waals surface area contributed by atoms with Gasteiger partial charge in [-0.3, -0.25) is 4.79 Å². The monoisotopic (exact) mass is 286 g/mol. The van der Waals surface area contributed by atoms with Gasteiger partial charge in [-0.1, -0.05) is 44.8 Å². The van der Waals surface area contributed by atoms with Gasteiger partial charge in [0.1, 0.15) is 6.61 Å². The molecule has 0 aromatic carbocycles. The summed E-state index contributed by atoms with van der Waals surface area (Å²) in [5.74, 6) is 0.529. The summed E-state index contributed by atoms with van der Waals surface area (Å²) in [6, 6.07) is 0. The maximum Gasteiger partial charge on any atom is 0.305 e. The fraction of sp³-hybridized carbons (Fsp3) is 0.812. The molecule has 0 aliphatic rings. The van der Waals surface area contributed by atoms with Crippen molar-refractivity contribution in [3.63, 3.8) is 0 Å². The number of hydrogen-bond donors (Lipinski definition) is 1. The van der Waals surface area contributed by atoms with E-state index in [-0.39, 0.29) is 5.97 Å². The summed E-state index contributed by atoms with van der Waals surface area (Å²) in [6.45, 7) is 2.67. The Hall–Kier alpha value is -0.440. The Labute approximate surface area is 124 Å². The lowest BCUT2D eigenvalue weighted by atomic mass is 10.1. The van der Waals surface area contributed by atoms with Gasteiger partial charge in [-0.2, -0.15) is 12.6 Å². The Morgan fingerprint density at radius 3 is 2.26 bits per heavy atom. The molecule has 112 valence electrons. The second kappa shape index (κ2) is 15.6. The second-order valence-electron chi connectivity index (χ2n) is 4.86. The Morgan fingerprint density at radius 1 is 1.00 bits per heavy atom. The molecule has 0 aromatic rings. The Morgan fingerprint density at radius 2 is 1.63 bits per heavy atom. The van der Waals surface area contributed by atoms with Gasteiger partial charge in [0.25, 0.3) is 0 Å². The highest BCUT2D eigenvalue weighted by Gasteiger charge is 2.00. The fourth-order valence-electron chi connectivity index (χ4n) is 1.86. The zero-order chi connectivity index (χ0) is 14.2. The molecule has 2 nitrogen and oxygen atoms in total. The van der Waals surface area contributed by atoms with Crippen molar-refractivity contribution in [3.05, 3.63) is 12.2 Å². The van der Waals surface area contributed by atoms with Crippen LogP contribution in [0.1, 0.15) is 71.1 Å². The van der Waals surface area contributed by atoms with E-state index in [1.807, 2.05) is 0 Å². The zero-order valence-electron chi connectivity index (χ0n) is 12.4. The van der Waals surface area contributed by atoms with Crippen molar-refractivity contribution in [2.75, 3.05) is 12.4 Å². The van der Waals surface area contributed by atoms with Gasteiger partial charge in [-0.05, 0) is 32.1 Å². The largest absolute Gasteiger partial charge is 0.465 e. The molecule has 3 heteroatoms. The normalized spacial score (nSPS) is 11.1. The molecule has 0 bridgehead atoms. The van der Waals surface area contributed by atoms with E-state index >= 15 is 0 Å². The molecule has 0 radical (unpaired) electrons. The van der Waals surface area contributed by atoms with Crippen molar-refractivity contribution in [3.8, 4) is 0 Å². The summed E-state index contributed by atoms with van der Waals surface area (Å²) in [4.78, 5) is 11.2. The van der Waals surface area contributed by atoms with Crippen LogP contribution in [-0.2, 0) is 9.53 Å². The zero-order valence-corrected chi connectivity index (χ0v) is 13.3. The standard InChI is InChI=1S/C16H30O2S/c1-2-3-4-5-6-7-8-9-10-11-12-13-16(17)18-14-15-19/h6-7,19H,2-5,8-15H2,1H3/b7-6+. The topological polar surface area (TPSA) is 26.3 Å². The maximum atomic E-state index is 11.2. The first-order chi connectivity index (χ1) is 9.31. The molecule has 19 heavy (non-hydrogen) atoms. The summed E-state index contributed by atoms with van der Waals surface area (Å²) >= 11 is 4.00. The van der Waals surface area contributed by atoms with Crippen LogP contribution in [0.3, 0.4) is 0 Å². The minimum atomic E-state index is -0.0788. The first kappa shape index (κ1) is 18.6. The molecule has 0 saturated carbocycles. The number of thiol groups is 1. The van der Waals surface area contributed by atoms with Gasteiger partial charge >= 0.3 is 5.97 Å². The summed E-state index contributed by atoms with van der Waals surface area (Å²) < 4.78 is 4.96. The molecule has 0 aliphatic heterocycles. The molecule has 0 atom stereocenters. The van der Waals surface area contributed by atoms with E-state index in [0.717, 1.165) is 12.8 Å². The smallest absolute Gasteiger partial charge is 0.305 e. The molecule has 0 heterocycles. The molecule has 0 amide bonds. The van der Waals surface area contributed by atoms with E-state index in [2.05, 4.69) is 31.7 Å². The Balaban J connectivity index is 3.16. The van der Waals surface area contributed by atoms with Crippen LogP contribution in [0, 0.1) is 0 Å². The van der Waals surface area contributed by atoms with E-state index in [1.165, 1.54) is 44.9 Å². The Bertz CT molecular complexity index is 227. The van der Waals surface area contributed by atoms with Crippen molar-refractivity contribution in [1.29, 1.82) is 0 Å². The molecular weight excluding hydrogens is 256 g/mol. The third kappa shape index (κ3) is 15.5. The number of hydrogen-bond acceptors (Lipinski definition) is 3. The fourth-order valence-corrected chi connectivity index (χ4v) is 1.96. The molecule has 0 aromatic heterocycles. The van der Waals surface area contributed by atoms with Gasteiger partial charge in [-0.25, -0.2) is 0 Å². The van der Waals surface area contributed by atoms with Crippen LogP contribution in [0.5, 0.6) is 0 Å². The second-order valence-corrected chi connectivity index (χ2v) is 5.31. The number of allylic oxidation sites excluding steroid dienone is 2. The summed E-state index contributed by atoms with van der Waals surface area (Å²) in [7, 11) is 0. The molecule has 0 fully saturated rings. The van der Waals surface area contributed by atoms with E-state index < -0.39 is 0 Å². The van der Waals surface area contributed by atoms with E-state index in [9.17, 15) is 4.79 Å². The third-order valence-corrected chi connectivity index (χ3v) is 3.18. The first-order valence-corrected chi connectivity index (χ1v) is 8.36.